The average Bonchev–Trinajstić information content (AvgIpc) is 2.50. The van der Waals surface area contributed by atoms with E-state index in [1.807, 2.05) is 6.92 Å². The highest BCUT2D eigenvalue weighted by atomic mass is 32.1. The van der Waals surface area contributed by atoms with Crippen LogP contribution in [0.2, 0.25) is 0 Å². The maximum Gasteiger partial charge on any atom is 0.329 e. The van der Waals surface area contributed by atoms with Gasteiger partial charge in [-0.05, 0) is 24.2 Å². The fourth-order valence-electron chi connectivity index (χ4n) is 1.71. The molecule has 0 fully saturated rings. The molecule has 0 aliphatic carbocycles. The first-order valence-electron chi connectivity index (χ1n) is 5.08. The van der Waals surface area contributed by atoms with Crippen LogP contribution in [0.25, 0.3) is 10.2 Å². The minimum atomic E-state index is -0.424. The van der Waals surface area contributed by atoms with E-state index in [1.165, 1.54) is 15.9 Å². The lowest BCUT2D eigenvalue weighted by Crippen LogP contribution is -2.30. The van der Waals surface area contributed by atoms with Crippen molar-refractivity contribution < 1.29 is 0 Å². The second kappa shape index (κ2) is 4.03. The summed E-state index contributed by atoms with van der Waals surface area (Å²) in [6, 6.07) is 0. The topological polar surface area (TPSA) is 54.9 Å². The molecular weight excluding hydrogens is 235 g/mol. The average molecular weight is 246 g/mol. The zero-order valence-corrected chi connectivity index (χ0v) is 10.5. The third kappa shape index (κ3) is 1.89. The second-order valence-corrected chi connectivity index (χ2v) is 5.10. The van der Waals surface area contributed by atoms with Crippen LogP contribution in [0.15, 0.2) is 21.7 Å². The van der Waals surface area contributed by atoms with Gasteiger partial charge in [0.15, 0.2) is 0 Å². The smallest absolute Gasteiger partial charge is 0.280 e. The van der Waals surface area contributed by atoms with Gasteiger partial charge >= 0.3 is 5.69 Å². The zero-order valence-electron chi connectivity index (χ0n) is 9.66. The van der Waals surface area contributed by atoms with Crippen molar-refractivity contribution in [3.63, 3.8) is 0 Å². The van der Waals surface area contributed by atoms with Crippen LogP contribution in [0.4, 0.5) is 0 Å². The number of rotatable bonds is 2. The molecule has 0 spiro atoms. The van der Waals surface area contributed by atoms with Gasteiger partial charge in [-0.15, -0.1) is 11.3 Å². The minimum Gasteiger partial charge on any atom is -0.280 e. The standard InChI is InChI=1S/C11H11BN2O2S/c1-5(2)4-14-10-7(6(3)8(12)17-10)9(15)13-11(14)16/h1,4H2,2-3H3,(H,13,15,16). The van der Waals surface area contributed by atoms with Gasteiger partial charge in [-0.3, -0.25) is 14.3 Å². The number of hydrogen-bond donors (Lipinski definition) is 1. The molecular formula is C11H11BN2O2S. The van der Waals surface area contributed by atoms with E-state index in [2.05, 4.69) is 11.6 Å². The van der Waals surface area contributed by atoms with E-state index >= 15 is 0 Å². The summed E-state index contributed by atoms with van der Waals surface area (Å²) >= 11 is 1.26. The predicted octanol–water partition coefficient (Wildman–Crippen LogP) is 0.430. The molecule has 2 aromatic rings. The van der Waals surface area contributed by atoms with E-state index in [1.54, 1.807) is 6.92 Å². The van der Waals surface area contributed by atoms with Crippen LogP contribution < -0.4 is 16.0 Å². The Morgan fingerprint density at radius 1 is 1.53 bits per heavy atom. The quantitative estimate of drug-likeness (QED) is 0.617. The molecule has 17 heavy (non-hydrogen) atoms. The second-order valence-electron chi connectivity index (χ2n) is 4.07. The Morgan fingerprint density at radius 3 is 2.76 bits per heavy atom. The number of aromatic nitrogens is 2. The van der Waals surface area contributed by atoms with Gasteiger partial charge in [-0.2, -0.15) is 0 Å². The maximum absolute atomic E-state index is 11.7. The molecule has 0 aromatic carbocycles. The van der Waals surface area contributed by atoms with Crippen LogP contribution in [-0.4, -0.2) is 17.4 Å². The van der Waals surface area contributed by atoms with Crippen LogP contribution in [0.5, 0.6) is 0 Å². The highest BCUT2D eigenvalue weighted by molar-refractivity contribution is 7.26. The first kappa shape index (κ1) is 11.9. The number of hydrogen-bond acceptors (Lipinski definition) is 3. The third-order valence-electron chi connectivity index (χ3n) is 2.53. The number of H-pyrrole nitrogens is 1. The molecule has 0 atom stereocenters. The molecule has 0 amide bonds. The monoisotopic (exact) mass is 246 g/mol. The van der Waals surface area contributed by atoms with Gasteiger partial charge in [-0.1, -0.05) is 12.2 Å². The van der Waals surface area contributed by atoms with Gasteiger partial charge in [0, 0.05) is 6.54 Å². The SMILES string of the molecule is [B]c1sc2c(c1C)c(=O)[nH]c(=O)n2CC(=C)C. The van der Waals surface area contributed by atoms with Gasteiger partial charge in [-0.25, -0.2) is 4.79 Å². The molecule has 0 saturated carbocycles. The van der Waals surface area contributed by atoms with Crippen molar-refractivity contribution in [1.82, 2.24) is 9.55 Å². The lowest BCUT2D eigenvalue weighted by molar-refractivity contribution is 0.752. The first-order chi connectivity index (χ1) is 7.91. The lowest BCUT2D eigenvalue weighted by Gasteiger charge is -2.05. The summed E-state index contributed by atoms with van der Waals surface area (Å²) in [5.41, 5.74) is 0.756. The Kier molecular flexibility index (Phi) is 2.83. The number of nitrogens with zero attached hydrogens (tertiary/aromatic N) is 1. The van der Waals surface area contributed by atoms with Crippen LogP contribution in [0.1, 0.15) is 12.5 Å². The van der Waals surface area contributed by atoms with Crippen molar-refractivity contribution >= 4 is 34.2 Å². The Balaban J connectivity index is 2.93. The van der Waals surface area contributed by atoms with Crippen molar-refractivity contribution in [3.8, 4) is 0 Å². The molecule has 4 nitrogen and oxygen atoms in total. The Bertz CT molecular complexity index is 723. The minimum absolute atomic E-state index is 0.380. The molecule has 2 radical (unpaired) electrons. The molecule has 0 saturated heterocycles. The molecule has 6 heteroatoms. The number of fused-ring (bicyclic) bond motifs is 1. The van der Waals surface area contributed by atoms with E-state index in [0.29, 0.717) is 21.5 Å². The molecule has 0 aliphatic heterocycles. The number of aryl methyl sites for hydroxylation is 1. The Hall–Kier alpha value is -1.56. The Morgan fingerprint density at radius 2 is 2.18 bits per heavy atom. The van der Waals surface area contributed by atoms with Crippen LogP contribution >= 0.6 is 11.3 Å². The highest BCUT2D eigenvalue weighted by Crippen LogP contribution is 2.18. The molecule has 2 heterocycles. The Labute approximate surface area is 103 Å². The number of thiophene rings is 1. The van der Waals surface area contributed by atoms with Crippen LogP contribution in [-0.2, 0) is 6.54 Å². The molecule has 0 unspecified atom stereocenters. The summed E-state index contributed by atoms with van der Waals surface area (Å²) in [6.07, 6.45) is 0. The fraction of sp³-hybridized carbons (Fsp3) is 0.273. The summed E-state index contributed by atoms with van der Waals surface area (Å²) in [7, 11) is 5.80. The van der Waals surface area contributed by atoms with Gasteiger partial charge < -0.3 is 0 Å². The summed E-state index contributed by atoms with van der Waals surface area (Å²) in [4.78, 5) is 26.4. The van der Waals surface area contributed by atoms with Crippen molar-refractivity contribution in [2.75, 3.05) is 0 Å². The van der Waals surface area contributed by atoms with E-state index in [-0.39, 0.29) is 5.56 Å². The van der Waals surface area contributed by atoms with E-state index in [4.69, 9.17) is 7.85 Å². The first-order valence-corrected chi connectivity index (χ1v) is 5.89. The molecule has 86 valence electrons. The predicted molar refractivity (Wildman–Crippen MR) is 71.6 cm³/mol. The number of nitrogens with one attached hydrogen (secondary N) is 1. The molecule has 2 aromatic heterocycles. The van der Waals surface area contributed by atoms with E-state index in [9.17, 15) is 9.59 Å². The van der Waals surface area contributed by atoms with Crippen molar-refractivity contribution in [3.05, 3.63) is 38.6 Å². The molecule has 0 aliphatic rings. The van der Waals surface area contributed by atoms with Crippen molar-refractivity contribution in [2.24, 2.45) is 0 Å². The molecule has 1 N–H and O–H groups in total. The molecule has 2 rings (SSSR count). The van der Waals surface area contributed by atoms with Crippen molar-refractivity contribution in [2.45, 2.75) is 20.4 Å². The van der Waals surface area contributed by atoms with Crippen molar-refractivity contribution in [1.29, 1.82) is 0 Å². The lowest BCUT2D eigenvalue weighted by atomic mass is 10.0. The largest absolute Gasteiger partial charge is 0.329 e. The van der Waals surface area contributed by atoms with Crippen LogP contribution in [0.3, 0.4) is 0 Å². The van der Waals surface area contributed by atoms with Gasteiger partial charge in [0.05, 0.1) is 5.39 Å². The van der Waals surface area contributed by atoms with Gasteiger partial charge in [0.25, 0.3) is 5.56 Å². The summed E-state index contributed by atoms with van der Waals surface area (Å²) in [6.45, 7) is 7.76. The van der Waals surface area contributed by atoms with E-state index in [0.717, 1.165) is 11.1 Å². The summed E-state index contributed by atoms with van der Waals surface area (Å²) < 4.78 is 2.05. The van der Waals surface area contributed by atoms with Crippen LogP contribution in [0, 0.1) is 6.92 Å². The summed E-state index contributed by atoms with van der Waals surface area (Å²) in [5, 5.41) is 0.494. The number of allylic oxidation sites excluding steroid dienone is 1. The van der Waals surface area contributed by atoms with Gasteiger partial charge in [0.2, 0.25) is 0 Å². The number of aromatic amines is 1. The maximum atomic E-state index is 11.7. The van der Waals surface area contributed by atoms with E-state index < -0.39 is 5.69 Å². The highest BCUT2D eigenvalue weighted by Gasteiger charge is 2.13. The molecule has 0 bridgehead atoms. The zero-order chi connectivity index (χ0) is 12.7. The summed E-state index contributed by atoms with van der Waals surface area (Å²) in [5.74, 6) is 0. The normalized spacial score (nSPS) is 10.9. The fourth-order valence-corrected chi connectivity index (χ4v) is 2.77. The third-order valence-corrected chi connectivity index (χ3v) is 3.67. The van der Waals surface area contributed by atoms with Gasteiger partial charge in [0.1, 0.15) is 12.7 Å².